The number of carbonyl (C=O) groups is 2. The summed E-state index contributed by atoms with van der Waals surface area (Å²) in [5.41, 5.74) is 5.47. The Bertz CT molecular complexity index is 810. The van der Waals surface area contributed by atoms with Gasteiger partial charge in [-0.15, -0.1) is 0 Å². The van der Waals surface area contributed by atoms with Gasteiger partial charge in [0, 0.05) is 5.69 Å². The molecule has 3 N–H and O–H groups in total. The van der Waals surface area contributed by atoms with E-state index in [0.717, 1.165) is 53.8 Å². The number of aryl methyl sites for hydroxylation is 2. The minimum atomic E-state index is -1.06. The summed E-state index contributed by atoms with van der Waals surface area (Å²) in [7, 11) is 0. The molecule has 1 heterocycles. The Hall–Kier alpha value is -2.63. The van der Waals surface area contributed by atoms with Crippen molar-refractivity contribution in [2.24, 2.45) is 0 Å². The normalized spacial score (nSPS) is 14.6. The maximum Gasteiger partial charge on any atom is 0.330 e. The van der Waals surface area contributed by atoms with Gasteiger partial charge in [0.05, 0.1) is 12.1 Å². The first kappa shape index (κ1) is 17.2. The lowest BCUT2D eigenvalue weighted by atomic mass is 9.94. The van der Waals surface area contributed by atoms with E-state index in [-0.39, 0.29) is 12.3 Å². The van der Waals surface area contributed by atoms with Crippen LogP contribution in [0.1, 0.15) is 52.5 Å². The number of rotatable bonds is 5. The van der Waals surface area contributed by atoms with Crippen molar-refractivity contribution in [2.45, 2.75) is 52.0 Å². The van der Waals surface area contributed by atoms with Gasteiger partial charge >= 0.3 is 5.97 Å². The molecule has 0 radical (unpaired) electrons. The minimum absolute atomic E-state index is 0.0977. The van der Waals surface area contributed by atoms with Gasteiger partial charge in [-0.05, 0) is 61.8 Å². The zero-order chi connectivity index (χ0) is 18.0. The number of hydrogen-bond acceptors (Lipinski definition) is 3. The van der Waals surface area contributed by atoms with E-state index < -0.39 is 12.0 Å². The maximum absolute atomic E-state index is 12.5. The van der Waals surface area contributed by atoms with Crippen LogP contribution in [0.2, 0.25) is 0 Å². The van der Waals surface area contributed by atoms with Crippen molar-refractivity contribution >= 4 is 11.9 Å². The van der Waals surface area contributed by atoms with Gasteiger partial charge in [-0.25, -0.2) is 4.79 Å². The third kappa shape index (κ3) is 3.57. The SMILES string of the molecule is Cc1cccc(C(NC(=O)Cc2n[nH]c3c2CCCC3)C(=O)O)c1C. The summed E-state index contributed by atoms with van der Waals surface area (Å²) in [6.45, 7) is 3.80. The molecule has 0 fully saturated rings. The first-order chi connectivity index (χ1) is 12.0. The summed E-state index contributed by atoms with van der Waals surface area (Å²) in [6.07, 6.45) is 4.22. The second kappa shape index (κ2) is 7.09. The van der Waals surface area contributed by atoms with E-state index in [1.54, 1.807) is 6.07 Å². The lowest BCUT2D eigenvalue weighted by Crippen LogP contribution is -2.35. The summed E-state index contributed by atoms with van der Waals surface area (Å²) in [6, 6.07) is 4.43. The Morgan fingerprint density at radius 3 is 2.80 bits per heavy atom. The van der Waals surface area contributed by atoms with Crippen molar-refractivity contribution in [1.29, 1.82) is 0 Å². The number of benzene rings is 1. The van der Waals surface area contributed by atoms with Crippen LogP contribution in [-0.2, 0) is 28.9 Å². The van der Waals surface area contributed by atoms with Gasteiger partial charge in [-0.1, -0.05) is 18.2 Å². The number of H-pyrrole nitrogens is 1. The van der Waals surface area contributed by atoms with E-state index in [1.807, 2.05) is 26.0 Å². The van der Waals surface area contributed by atoms with Crippen molar-refractivity contribution < 1.29 is 14.7 Å². The molecule has 3 rings (SSSR count). The molecule has 25 heavy (non-hydrogen) atoms. The molecule has 132 valence electrons. The van der Waals surface area contributed by atoms with Crippen LogP contribution in [0.25, 0.3) is 0 Å². The molecule has 0 spiro atoms. The molecule has 2 aromatic rings. The minimum Gasteiger partial charge on any atom is -0.479 e. The van der Waals surface area contributed by atoms with Gasteiger partial charge in [-0.2, -0.15) is 5.10 Å². The number of carbonyl (C=O) groups excluding carboxylic acids is 1. The zero-order valence-electron chi connectivity index (χ0n) is 14.6. The molecule has 0 saturated heterocycles. The second-order valence-corrected chi connectivity index (χ2v) is 6.64. The number of hydrogen-bond donors (Lipinski definition) is 3. The lowest BCUT2D eigenvalue weighted by Gasteiger charge is -2.18. The molecule has 0 bridgehead atoms. The van der Waals surface area contributed by atoms with Crippen molar-refractivity contribution in [1.82, 2.24) is 15.5 Å². The largest absolute Gasteiger partial charge is 0.479 e. The van der Waals surface area contributed by atoms with Crippen molar-refractivity contribution in [3.63, 3.8) is 0 Å². The molecule has 6 heteroatoms. The summed E-state index contributed by atoms with van der Waals surface area (Å²) < 4.78 is 0. The predicted octanol–water partition coefficient (Wildman–Crippen LogP) is 2.39. The van der Waals surface area contributed by atoms with Gasteiger partial charge in [-0.3, -0.25) is 9.89 Å². The Labute approximate surface area is 146 Å². The first-order valence-corrected chi connectivity index (χ1v) is 8.60. The average Bonchev–Trinajstić information content (AvgIpc) is 2.98. The Kier molecular flexibility index (Phi) is 4.88. The molecular formula is C19H23N3O3. The van der Waals surface area contributed by atoms with Gasteiger partial charge in [0.25, 0.3) is 0 Å². The quantitative estimate of drug-likeness (QED) is 0.778. The van der Waals surface area contributed by atoms with E-state index in [4.69, 9.17) is 0 Å². The Morgan fingerprint density at radius 2 is 2.04 bits per heavy atom. The monoisotopic (exact) mass is 341 g/mol. The smallest absolute Gasteiger partial charge is 0.330 e. The highest BCUT2D eigenvalue weighted by Crippen LogP contribution is 2.24. The van der Waals surface area contributed by atoms with Gasteiger partial charge < -0.3 is 10.4 Å². The van der Waals surface area contributed by atoms with E-state index in [9.17, 15) is 14.7 Å². The molecule has 1 aliphatic rings. The van der Waals surface area contributed by atoms with Gasteiger partial charge in [0.2, 0.25) is 5.91 Å². The van der Waals surface area contributed by atoms with E-state index in [1.165, 1.54) is 0 Å². The molecule has 1 amide bonds. The molecule has 1 atom stereocenters. The summed E-state index contributed by atoms with van der Waals surface area (Å²) >= 11 is 0. The summed E-state index contributed by atoms with van der Waals surface area (Å²) in [5, 5.41) is 19.5. The van der Waals surface area contributed by atoms with Crippen LogP contribution < -0.4 is 5.32 Å². The molecule has 1 unspecified atom stereocenters. The standard InChI is InChI=1S/C19H23N3O3/c1-11-6-5-8-13(12(11)2)18(19(24)25)20-17(23)10-16-14-7-3-4-9-15(14)21-22-16/h5-6,8,18H,3-4,7,9-10H2,1-2H3,(H,20,23)(H,21,22)(H,24,25). The number of carboxylic acid groups (broad SMARTS) is 1. The number of amides is 1. The van der Waals surface area contributed by atoms with Crippen LogP contribution in [0.3, 0.4) is 0 Å². The van der Waals surface area contributed by atoms with Gasteiger partial charge in [0.15, 0.2) is 6.04 Å². The molecule has 1 aliphatic carbocycles. The number of aliphatic carboxylic acids is 1. The van der Waals surface area contributed by atoms with Crippen LogP contribution in [0, 0.1) is 13.8 Å². The number of nitrogens with zero attached hydrogens (tertiary/aromatic N) is 1. The van der Waals surface area contributed by atoms with Gasteiger partial charge in [0.1, 0.15) is 0 Å². The highest BCUT2D eigenvalue weighted by Gasteiger charge is 2.25. The molecule has 0 saturated carbocycles. The van der Waals surface area contributed by atoms with Crippen LogP contribution in [0.5, 0.6) is 0 Å². The zero-order valence-corrected chi connectivity index (χ0v) is 14.6. The fraction of sp³-hybridized carbons (Fsp3) is 0.421. The Balaban J connectivity index is 1.77. The topological polar surface area (TPSA) is 95.1 Å². The third-order valence-corrected chi connectivity index (χ3v) is 4.98. The second-order valence-electron chi connectivity index (χ2n) is 6.64. The third-order valence-electron chi connectivity index (χ3n) is 4.98. The number of aromatic amines is 1. The van der Waals surface area contributed by atoms with Crippen molar-refractivity contribution in [3.05, 3.63) is 51.8 Å². The van der Waals surface area contributed by atoms with E-state index >= 15 is 0 Å². The molecule has 1 aromatic heterocycles. The average molecular weight is 341 g/mol. The summed E-state index contributed by atoms with van der Waals surface area (Å²) in [4.78, 5) is 24.1. The predicted molar refractivity (Wildman–Crippen MR) is 93.4 cm³/mol. The first-order valence-electron chi connectivity index (χ1n) is 8.60. The van der Waals surface area contributed by atoms with Crippen molar-refractivity contribution in [3.8, 4) is 0 Å². The summed E-state index contributed by atoms with van der Waals surface area (Å²) in [5.74, 6) is -1.39. The molecule has 6 nitrogen and oxygen atoms in total. The van der Waals surface area contributed by atoms with E-state index in [0.29, 0.717) is 5.56 Å². The molecule has 0 aliphatic heterocycles. The highest BCUT2D eigenvalue weighted by atomic mass is 16.4. The Morgan fingerprint density at radius 1 is 1.28 bits per heavy atom. The molecule has 1 aromatic carbocycles. The van der Waals surface area contributed by atoms with Crippen LogP contribution in [0.15, 0.2) is 18.2 Å². The maximum atomic E-state index is 12.5. The van der Waals surface area contributed by atoms with Crippen LogP contribution >= 0.6 is 0 Å². The van der Waals surface area contributed by atoms with Crippen molar-refractivity contribution in [2.75, 3.05) is 0 Å². The lowest BCUT2D eigenvalue weighted by molar-refractivity contribution is -0.142. The van der Waals surface area contributed by atoms with Crippen LogP contribution in [0.4, 0.5) is 0 Å². The van der Waals surface area contributed by atoms with Crippen LogP contribution in [-0.4, -0.2) is 27.2 Å². The number of nitrogens with one attached hydrogen (secondary N) is 2. The van der Waals surface area contributed by atoms with E-state index in [2.05, 4.69) is 15.5 Å². The fourth-order valence-electron chi connectivity index (χ4n) is 3.42. The fourth-order valence-corrected chi connectivity index (χ4v) is 3.42. The molecular weight excluding hydrogens is 318 g/mol. The number of carboxylic acids is 1. The number of aromatic nitrogens is 2. The number of fused-ring (bicyclic) bond motifs is 1. The highest BCUT2D eigenvalue weighted by molar-refractivity contribution is 5.86.